The molecule has 2 aromatic rings. The molecule has 132 valence electrons. The molecule has 2 rings (SSSR count). The number of nitrogens with one attached hydrogen (secondary N) is 1. The second-order valence-corrected chi connectivity index (χ2v) is 4.85. The van der Waals surface area contributed by atoms with Crippen molar-refractivity contribution in [3.8, 4) is 23.0 Å². The minimum atomic E-state index is -0.386. The summed E-state index contributed by atoms with van der Waals surface area (Å²) in [5.74, 6) is 1.86. The van der Waals surface area contributed by atoms with E-state index in [-0.39, 0.29) is 12.5 Å². The van der Waals surface area contributed by atoms with E-state index in [9.17, 15) is 4.79 Å². The van der Waals surface area contributed by atoms with Crippen molar-refractivity contribution in [1.82, 2.24) is 5.43 Å². The number of carbonyl (C=O) groups excluding carboxylic acids is 1. The zero-order chi connectivity index (χ0) is 18.1. The van der Waals surface area contributed by atoms with Crippen LogP contribution in [0, 0.1) is 0 Å². The molecule has 0 aliphatic rings. The summed E-state index contributed by atoms with van der Waals surface area (Å²) >= 11 is 0. The van der Waals surface area contributed by atoms with E-state index < -0.39 is 0 Å². The lowest BCUT2D eigenvalue weighted by Crippen LogP contribution is -2.24. The van der Waals surface area contributed by atoms with Gasteiger partial charge in [-0.25, -0.2) is 5.43 Å². The number of rotatable bonds is 8. The first-order chi connectivity index (χ1) is 12.2. The van der Waals surface area contributed by atoms with E-state index in [4.69, 9.17) is 18.9 Å². The predicted octanol–water partition coefficient (Wildman–Crippen LogP) is 2.24. The van der Waals surface area contributed by atoms with E-state index >= 15 is 0 Å². The van der Waals surface area contributed by atoms with E-state index in [1.807, 2.05) is 6.07 Å². The van der Waals surface area contributed by atoms with Crippen LogP contribution in [0.4, 0.5) is 0 Å². The molecule has 0 heterocycles. The fourth-order valence-corrected chi connectivity index (χ4v) is 2.03. The number of benzene rings is 2. The van der Waals surface area contributed by atoms with Gasteiger partial charge in [0.25, 0.3) is 5.91 Å². The number of ether oxygens (including phenoxy) is 4. The van der Waals surface area contributed by atoms with Crippen LogP contribution in [0.2, 0.25) is 0 Å². The number of hydrogen-bond donors (Lipinski definition) is 1. The van der Waals surface area contributed by atoms with Crippen LogP contribution in [0.15, 0.2) is 47.6 Å². The molecule has 25 heavy (non-hydrogen) atoms. The van der Waals surface area contributed by atoms with Crippen molar-refractivity contribution in [2.45, 2.75) is 0 Å². The van der Waals surface area contributed by atoms with E-state index in [2.05, 4.69) is 10.5 Å². The van der Waals surface area contributed by atoms with Gasteiger partial charge in [0.2, 0.25) is 0 Å². The summed E-state index contributed by atoms with van der Waals surface area (Å²) in [7, 11) is 4.65. The highest BCUT2D eigenvalue weighted by Gasteiger charge is 2.06. The van der Waals surface area contributed by atoms with E-state index in [1.165, 1.54) is 13.3 Å². The van der Waals surface area contributed by atoms with E-state index in [0.29, 0.717) is 23.0 Å². The highest BCUT2D eigenvalue weighted by molar-refractivity contribution is 5.83. The third-order valence-electron chi connectivity index (χ3n) is 3.24. The fourth-order valence-electron chi connectivity index (χ4n) is 2.03. The maximum atomic E-state index is 11.8. The van der Waals surface area contributed by atoms with Gasteiger partial charge in [-0.05, 0) is 35.9 Å². The Hall–Kier alpha value is -3.22. The molecule has 0 aliphatic carbocycles. The third kappa shape index (κ3) is 5.13. The Morgan fingerprint density at radius 1 is 0.960 bits per heavy atom. The Labute approximate surface area is 146 Å². The number of hydrogen-bond acceptors (Lipinski definition) is 6. The third-order valence-corrected chi connectivity index (χ3v) is 3.24. The molecule has 0 saturated heterocycles. The van der Waals surface area contributed by atoms with Crippen molar-refractivity contribution in [3.05, 3.63) is 48.0 Å². The highest BCUT2D eigenvalue weighted by Crippen LogP contribution is 2.27. The SMILES string of the molecule is COc1ccc(C=NNC(=O)COc2ccccc2OC)cc1OC. The number of para-hydroxylation sites is 2. The molecule has 0 atom stereocenters. The summed E-state index contributed by atoms with van der Waals surface area (Å²) in [5.41, 5.74) is 3.15. The molecule has 0 aromatic heterocycles. The molecule has 0 radical (unpaired) electrons. The number of amides is 1. The van der Waals surface area contributed by atoms with Gasteiger partial charge in [-0.2, -0.15) is 5.10 Å². The molecule has 0 bridgehead atoms. The quantitative estimate of drug-likeness (QED) is 0.587. The lowest BCUT2D eigenvalue weighted by molar-refractivity contribution is -0.123. The molecule has 7 heteroatoms. The number of nitrogens with zero attached hydrogens (tertiary/aromatic N) is 1. The zero-order valence-corrected chi connectivity index (χ0v) is 14.3. The number of hydrazone groups is 1. The smallest absolute Gasteiger partial charge is 0.277 e. The molecule has 0 unspecified atom stereocenters. The van der Waals surface area contributed by atoms with Crippen LogP contribution in [0.25, 0.3) is 0 Å². The van der Waals surface area contributed by atoms with Crippen LogP contribution in [-0.4, -0.2) is 40.1 Å². The zero-order valence-electron chi connectivity index (χ0n) is 14.3. The van der Waals surface area contributed by atoms with Crippen molar-refractivity contribution in [3.63, 3.8) is 0 Å². The standard InChI is InChI=1S/C18H20N2O5/c1-22-14-6-4-5-7-16(14)25-12-18(21)20-19-11-13-8-9-15(23-2)17(10-13)24-3/h4-11H,12H2,1-3H3,(H,20,21). The molecule has 0 aliphatic heterocycles. The van der Waals surface area contributed by atoms with Gasteiger partial charge in [0.15, 0.2) is 29.6 Å². The van der Waals surface area contributed by atoms with Crippen LogP contribution in [0.3, 0.4) is 0 Å². The summed E-state index contributed by atoms with van der Waals surface area (Å²) < 4.78 is 20.9. The van der Waals surface area contributed by atoms with Crippen molar-refractivity contribution >= 4 is 12.1 Å². The predicted molar refractivity (Wildman–Crippen MR) is 93.8 cm³/mol. The van der Waals surface area contributed by atoms with E-state index in [0.717, 1.165) is 5.56 Å². The fraction of sp³-hybridized carbons (Fsp3) is 0.222. The highest BCUT2D eigenvalue weighted by atomic mass is 16.5. The molecule has 0 spiro atoms. The van der Waals surface area contributed by atoms with Crippen molar-refractivity contribution < 1.29 is 23.7 Å². The second-order valence-electron chi connectivity index (χ2n) is 4.85. The number of carbonyl (C=O) groups is 1. The monoisotopic (exact) mass is 344 g/mol. The van der Waals surface area contributed by atoms with Crippen LogP contribution in [0.5, 0.6) is 23.0 Å². The average molecular weight is 344 g/mol. The molecule has 7 nitrogen and oxygen atoms in total. The van der Waals surface area contributed by atoms with E-state index in [1.54, 1.807) is 50.6 Å². The summed E-state index contributed by atoms with van der Waals surface area (Å²) in [6.45, 7) is -0.177. The van der Waals surface area contributed by atoms with Gasteiger partial charge in [-0.3, -0.25) is 4.79 Å². The van der Waals surface area contributed by atoms with Gasteiger partial charge < -0.3 is 18.9 Å². The van der Waals surface area contributed by atoms with Crippen LogP contribution in [-0.2, 0) is 4.79 Å². The first-order valence-corrected chi connectivity index (χ1v) is 7.47. The van der Waals surface area contributed by atoms with Gasteiger partial charge >= 0.3 is 0 Å². The lowest BCUT2D eigenvalue weighted by Gasteiger charge is -2.09. The summed E-state index contributed by atoms with van der Waals surface area (Å²) in [6.07, 6.45) is 1.50. The van der Waals surface area contributed by atoms with Gasteiger partial charge in [0.1, 0.15) is 0 Å². The van der Waals surface area contributed by atoms with Crippen molar-refractivity contribution in [2.75, 3.05) is 27.9 Å². The minimum Gasteiger partial charge on any atom is -0.493 e. The van der Waals surface area contributed by atoms with Gasteiger partial charge in [0, 0.05) is 0 Å². The Kier molecular flexibility index (Phi) is 6.65. The van der Waals surface area contributed by atoms with Crippen LogP contribution >= 0.6 is 0 Å². The average Bonchev–Trinajstić information content (AvgIpc) is 2.66. The normalized spacial score (nSPS) is 10.4. The van der Waals surface area contributed by atoms with Crippen molar-refractivity contribution in [1.29, 1.82) is 0 Å². The molecule has 1 N–H and O–H groups in total. The van der Waals surface area contributed by atoms with Gasteiger partial charge in [-0.1, -0.05) is 12.1 Å². The van der Waals surface area contributed by atoms with Gasteiger partial charge in [-0.15, -0.1) is 0 Å². The molecule has 0 fully saturated rings. The van der Waals surface area contributed by atoms with Crippen LogP contribution < -0.4 is 24.4 Å². The summed E-state index contributed by atoms with van der Waals surface area (Å²) in [4.78, 5) is 11.8. The Morgan fingerprint density at radius 3 is 2.28 bits per heavy atom. The first kappa shape index (κ1) is 18.1. The maximum absolute atomic E-state index is 11.8. The molecular weight excluding hydrogens is 324 g/mol. The Bertz CT molecular complexity index is 746. The molecular formula is C18H20N2O5. The van der Waals surface area contributed by atoms with Gasteiger partial charge in [0.05, 0.1) is 27.5 Å². The van der Waals surface area contributed by atoms with Crippen molar-refractivity contribution in [2.24, 2.45) is 5.10 Å². The molecule has 1 amide bonds. The Balaban J connectivity index is 1.88. The summed E-state index contributed by atoms with van der Waals surface area (Å²) in [6, 6.07) is 12.4. The topological polar surface area (TPSA) is 78.4 Å². The first-order valence-electron chi connectivity index (χ1n) is 7.47. The largest absolute Gasteiger partial charge is 0.493 e. The number of methoxy groups -OCH3 is 3. The Morgan fingerprint density at radius 2 is 1.60 bits per heavy atom. The summed E-state index contributed by atoms with van der Waals surface area (Å²) in [5, 5.41) is 3.90. The second kappa shape index (κ2) is 9.17. The maximum Gasteiger partial charge on any atom is 0.277 e. The molecule has 0 saturated carbocycles. The minimum absolute atomic E-state index is 0.177. The lowest BCUT2D eigenvalue weighted by atomic mass is 10.2. The molecule has 2 aromatic carbocycles. The van der Waals surface area contributed by atoms with Crippen LogP contribution in [0.1, 0.15) is 5.56 Å².